The Morgan fingerprint density at radius 1 is 1.26 bits per heavy atom. The summed E-state index contributed by atoms with van der Waals surface area (Å²) < 4.78 is 0. The number of amides is 1. The average molecular weight is 257 g/mol. The minimum absolute atomic E-state index is 0.0552. The molecule has 4 heteroatoms. The quantitative estimate of drug-likeness (QED) is 0.745. The van der Waals surface area contributed by atoms with E-state index in [4.69, 9.17) is 0 Å². The predicted molar refractivity (Wildman–Crippen MR) is 77.2 cm³/mol. The Bertz CT molecular complexity index is 520. The summed E-state index contributed by atoms with van der Waals surface area (Å²) in [6.45, 7) is 3.49. The molecule has 0 aliphatic rings. The van der Waals surface area contributed by atoms with E-state index < -0.39 is 0 Å². The number of aromatic amines is 1. The van der Waals surface area contributed by atoms with Crippen molar-refractivity contribution in [3.63, 3.8) is 0 Å². The van der Waals surface area contributed by atoms with E-state index in [1.807, 2.05) is 42.7 Å². The van der Waals surface area contributed by atoms with Crippen LogP contribution in [0, 0.1) is 0 Å². The van der Waals surface area contributed by atoms with E-state index in [0.29, 0.717) is 12.1 Å². The summed E-state index contributed by atoms with van der Waals surface area (Å²) >= 11 is 0. The molecule has 100 valence electrons. The third-order valence-electron chi connectivity index (χ3n) is 2.85. The number of carbonyl (C=O) groups excluding carboxylic acids is 1. The van der Waals surface area contributed by atoms with Crippen LogP contribution >= 0.6 is 0 Å². The molecule has 1 heterocycles. The van der Waals surface area contributed by atoms with Gasteiger partial charge in [0.1, 0.15) is 0 Å². The molecule has 0 atom stereocenters. The van der Waals surface area contributed by atoms with Crippen molar-refractivity contribution in [2.24, 2.45) is 0 Å². The maximum atomic E-state index is 12.2. The van der Waals surface area contributed by atoms with Gasteiger partial charge in [0.05, 0.1) is 5.56 Å². The molecule has 0 aliphatic heterocycles. The monoisotopic (exact) mass is 257 g/mol. The smallest absolute Gasteiger partial charge is 0.253 e. The number of hydrogen-bond donors (Lipinski definition) is 3. The molecule has 1 amide bonds. The van der Waals surface area contributed by atoms with Crippen molar-refractivity contribution in [1.82, 2.24) is 10.3 Å². The highest BCUT2D eigenvalue weighted by Gasteiger charge is 2.09. The van der Waals surface area contributed by atoms with Crippen molar-refractivity contribution in [3.8, 4) is 0 Å². The summed E-state index contributed by atoms with van der Waals surface area (Å²) in [5.74, 6) is -0.0552. The summed E-state index contributed by atoms with van der Waals surface area (Å²) in [6, 6.07) is 9.52. The number of nitrogens with one attached hydrogen (secondary N) is 3. The summed E-state index contributed by atoms with van der Waals surface area (Å²) in [5, 5.41) is 6.19. The molecule has 0 radical (unpaired) electrons. The van der Waals surface area contributed by atoms with Gasteiger partial charge in [-0.05, 0) is 30.2 Å². The van der Waals surface area contributed by atoms with Crippen LogP contribution in [0.25, 0.3) is 0 Å². The first kappa shape index (κ1) is 13.2. The lowest BCUT2D eigenvalue weighted by atomic mass is 10.1. The summed E-state index contributed by atoms with van der Waals surface area (Å²) in [4.78, 5) is 15.1. The van der Waals surface area contributed by atoms with Crippen LogP contribution in [-0.2, 0) is 6.54 Å². The first-order valence-electron chi connectivity index (χ1n) is 6.54. The molecule has 1 aromatic carbocycles. The van der Waals surface area contributed by atoms with Crippen LogP contribution in [-0.4, -0.2) is 17.4 Å². The van der Waals surface area contributed by atoms with Gasteiger partial charge in [-0.15, -0.1) is 0 Å². The highest BCUT2D eigenvalue weighted by atomic mass is 16.1. The molecule has 1 aromatic heterocycles. The number of H-pyrrole nitrogens is 1. The van der Waals surface area contributed by atoms with Gasteiger partial charge in [-0.1, -0.05) is 19.1 Å². The number of aromatic nitrogens is 1. The minimum atomic E-state index is -0.0552. The number of carbonyl (C=O) groups is 1. The zero-order valence-electron chi connectivity index (χ0n) is 11.1. The van der Waals surface area contributed by atoms with Gasteiger partial charge < -0.3 is 15.6 Å². The summed E-state index contributed by atoms with van der Waals surface area (Å²) in [5.41, 5.74) is 2.63. The van der Waals surface area contributed by atoms with Crippen molar-refractivity contribution in [2.75, 3.05) is 11.9 Å². The van der Waals surface area contributed by atoms with Crippen LogP contribution in [0.5, 0.6) is 0 Å². The molecule has 0 unspecified atom stereocenters. The molecule has 2 aromatic rings. The number of benzene rings is 1. The summed E-state index contributed by atoms with van der Waals surface area (Å²) in [7, 11) is 0. The van der Waals surface area contributed by atoms with Gasteiger partial charge in [-0.25, -0.2) is 0 Å². The Morgan fingerprint density at radius 2 is 2.11 bits per heavy atom. The largest absolute Gasteiger partial charge is 0.384 e. The number of anilines is 1. The van der Waals surface area contributed by atoms with Crippen molar-refractivity contribution >= 4 is 11.6 Å². The van der Waals surface area contributed by atoms with Crippen LogP contribution in [0.1, 0.15) is 29.3 Å². The fraction of sp³-hybridized carbons (Fsp3) is 0.267. The zero-order chi connectivity index (χ0) is 13.5. The zero-order valence-corrected chi connectivity index (χ0v) is 11.1. The SMILES string of the molecule is CCCNc1ccccc1C(=O)NCc1cc[nH]c1. The van der Waals surface area contributed by atoms with Crippen LogP contribution in [0.3, 0.4) is 0 Å². The van der Waals surface area contributed by atoms with Gasteiger partial charge in [0.25, 0.3) is 5.91 Å². The third-order valence-corrected chi connectivity index (χ3v) is 2.85. The van der Waals surface area contributed by atoms with Gasteiger partial charge >= 0.3 is 0 Å². The van der Waals surface area contributed by atoms with Crippen molar-refractivity contribution < 1.29 is 4.79 Å². The molecule has 0 spiro atoms. The predicted octanol–water partition coefficient (Wildman–Crippen LogP) is 2.77. The topological polar surface area (TPSA) is 56.9 Å². The summed E-state index contributed by atoms with van der Waals surface area (Å²) in [6.07, 6.45) is 4.75. The van der Waals surface area contributed by atoms with E-state index in [2.05, 4.69) is 22.5 Å². The Labute approximate surface area is 113 Å². The first-order valence-corrected chi connectivity index (χ1v) is 6.54. The Hall–Kier alpha value is -2.23. The van der Waals surface area contributed by atoms with Crippen LogP contribution in [0.2, 0.25) is 0 Å². The number of hydrogen-bond acceptors (Lipinski definition) is 2. The normalized spacial score (nSPS) is 10.2. The van der Waals surface area contributed by atoms with Gasteiger partial charge in [-0.3, -0.25) is 4.79 Å². The number of rotatable bonds is 6. The molecular weight excluding hydrogens is 238 g/mol. The molecule has 0 saturated carbocycles. The van der Waals surface area contributed by atoms with Crippen molar-refractivity contribution in [2.45, 2.75) is 19.9 Å². The van der Waals surface area contributed by atoms with Crippen LogP contribution in [0.15, 0.2) is 42.7 Å². The number of para-hydroxylation sites is 1. The lowest BCUT2D eigenvalue weighted by Crippen LogP contribution is -2.23. The van der Waals surface area contributed by atoms with E-state index in [9.17, 15) is 4.79 Å². The van der Waals surface area contributed by atoms with E-state index >= 15 is 0 Å². The second-order valence-electron chi connectivity index (χ2n) is 4.37. The molecule has 3 N–H and O–H groups in total. The second-order valence-corrected chi connectivity index (χ2v) is 4.37. The highest BCUT2D eigenvalue weighted by molar-refractivity contribution is 5.99. The van der Waals surface area contributed by atoms with E-state index in [1.54, 1.807) is 0 Å². The Morgan fingerprint density at radius 3 is 2.84 bits per heavy atom. The molecular formula is C15H19N3O. The van der Waals surface area contributed by atoms with E-state index in [-0.39, 0.29) is 5.91 Å². The molecule has 0 saturated heterocycles. The standard InChI is InChI=1S/C15H19N3O/c1-2-8-17-14-6-4-3-5-13(14)15(19)18-11-12-7-9-16-10-12/h3-7,9-10,16-17H,2,8,11H2,1H3,(H,18,19). The van der Waals surface area contributed by atoms with E-state index in [0.717, 1.165) is 24.2 Å². The Kier molecular flexibility index (Phi) is 4.61. The minimum Gasteiger partial charge on any atom is -0.384 e. The lowest BCUT2D eigenvalue weighted by molar-refractivity contribution is 0.0951. The third kappa shape index (κ3) is 3.61. The fourth-order valence-electron chi connectivity index (χ4n) is 1.84. The van der Waals surface area contributed by atoms with Gasteiger partial charge in [0.2, 0.25) is 0 Å². The lowest BCUT2D eigenvalue weighted by Gasteiger charge is -2.11. The van der Waals surface area contributed by atoms with Crippen molar-refractivity contribution in [3.05, 3.63) is 53.9 Å². The maximum Gasteiger partial charge on any atom is 0.253 e. The molecule has 2 rings (SSSR count). The van der Waals surface area contributed by atoms with Crippen LogP contribution < -0.4 is 10.6 Å². The van der Waals surface area contributed by atoms with Gasteiger partial charge in [0, 0.05) is 31.2 Å². The van der Waals surface area contributed by atoms with E-state index in [1.165, 1.54) is 0 Å². The molecule has 0 aliphatic carbocycles. The van der Waals surface area contributed by atoms with Gasteiger partial charge in [-0.2, -0.15) is 0 Å². The molecule has 19 heavy (non-hydrogen) atoms. The highest BCUT2D eigenvalue weighted by Crippen LogP contribution is 2.15. The van der Waals surface area contributed by atoms with Gasteiger partial charge in [0.15, 0.2) is 0 Å². The fourth-order valence-corrected chi connectivity index (χ4v) is 1.84. The molecule has 0 fully saturated rings. The maximum absolute atomic E-state index is 12.2. The molecule has 0 bridgehead atoms. The molecule has 4 nitrogen and oxygen atoms in total. The average Bonchev–Trinajstić information content (AvgIpc) is 2.96. The first-order chi connectivity index (χ1) is 9.31. The second kappa shape index (κ2) is 6.64. The van der Waals surface area contributed by atoms with Crippen LogP contribution in [0.4, 0.5) is 5.69 Å². The van der Waals surface area contributed by atoms with Crippen molar-refractivity contribution in [1.29, 1.82) is 0 Å². The Balaban J connectivity index is 2.01.